The lowest BCUT2D eigenvalue weighted by Crippen LogP contribution is -2.30. The highest BCUT2D eigenvalue weighted by atomic mass is 16.2. The second-order valence-corrected chi connectivity index (χ2v) is 2.84. The topological polar surface area (TPSA) is 44.1 Å². The number of amides is 1. The van der Waals surface area contributed by atoms with Gasteiger partial charge in [0.25, 0.3) is 5.91 Å². The standard InChI is InChI=1S/C11H12N2O/c1-2-13(9-8-12)11(14)10-6-4-3-5-7-10/h3-7H,2,9H2,1H3. The van der Waals surface area contributed by atoms with E-state index in [1.807, 2.05) is 31.2 Å². The molecule has 0 saturated heterocycles. The lowest BCUT2D eigenvalue weighted by molar-refractivity contribution is 0.0784. The first-order valence-electron chi connectivity index (χ1n) is 4.51. The van der Waals surface area contributed by atoms with Gasteiger partial charge in [-0.3, -0.25) is 4.79 Å². The van der Waals surface area contributed by atoms with Gasteiger partial charge in [0.05, 0.1) is 6.07 Å². The molecule has 1 rings (SSSR count). The second kappa shape index (κ2) is 5.03. The molecule has 1 aromatic carbocycles. The van der Waals surface area contributed by atoms with Crippen molar-refractivity contribution >= 4 is 5.91 Å². The Morgan fingerprint density at radius 1 is 1.43 bits per heavy atom. The van der Waals surface area contributed by atoms with Gasteiger partial charge in [-0.1, -0.05) is 18.2 Å². The minimum absolute atomic E-state index is 0.0883. The molecule has 3 nitrogen and oxygen atoms in total. The van der Waals surface area contributed by atoms with Crippen LogP contribution < -0.4 is 0 Å². The third-order valence-corrected chi connectivity index (χ3v) is 1.95. The molecule has 0 aromatic heterocycles. The largest absolute Gasteiger partial charge is 0.326 e. The van der Waals surface area contributed by atoms with Crippen molar-refractivity contribution in [3.63, 3.8) is 0 Å². The maximum atomic E-state index is 11.7. The summed E-state index contributed by atoms with van der Waals surface area (Å²) in [5.74, 6) is -0.0883. The molecule has 0 heterocycles. The molecular formula is C11H12N2O. The van der Waals surface area contributed by atoms with Gasteiger partial charge in [-0.05, 0) is 19.1 Å². The lowest BCUT2D eigenvalue weighted by Gasteiger charge is -2.16. The van der Waals surface area contributed by atoms with Gasteiger partial charge in [-0.25, -0.2) is 0 Å². The summed E-state index contributed by atoms with van der Waals surface area (Å²) in [5, 5.41) is 8.52. The first-order valence-corrected chi connectivity index (χ1v) is 4.51. The van der Waals surface area contributed by atoms with E-state index in [1.54, 1.807) is 12.1 Å². The first kappa shape index (κ1) is 10.3. The predicted molar refractivity (Wildman–Crippen MR) is 53.6 cm³/mol. The van der Waals surface area contributed by atoms with Crippen molar-refractivity contribution in [3.8, 4) is 6.07 Å². The summed E-state index contributed by atoms with van der Waals surface area (Å²) in [5.41, 5.74) is 0.629. The van der Waals surface area contributed by atoms with Crippen LogP contribution in [-0.2, 0) is 0 Å². The smallest absolute Gasteiger partial charge is 0.254 e. The molecule has 3 heteroatoms. The molecule has 0 fully saturated rings. The van der Waals surface area contributed by atoms with Crippen LogP contribution in [0.1, 0.15) is 17.3 Å². The molecule has 0 aliphatic carbocycles. The second-order valence-electron chi connectivity index (χ2n) is 2.84. The van der Waals surface area contributed by atoms with E-state index in [9.17, 15) is 4.79 Å². The summed E-state index contributed by atoms with van der Waals surface area (Å²) < 4.78 is 0. The van der Waals surface area contributed by atoms with E-state index in [4.69, 9.17) is 5.26 Å². The van der Waals surface area contributed by atoms with Gasteiger partial charge < -0.3 is 4.90 Å². The molecule has 0 spiro atoms. The third kappa shape index (κ3) is 2.33. The Morgan fingerprint density at radius 2 is 2.07 bits per heavy atom. The normalized spacial score (nSPS) is 9.14. The predicted octanol–water partition coefficient (Wildman–Crippen LogP) is 1.67. The van der Waals surface area contributed by atoms with Crippen LogP contribution in [-0.4, -0.2) is 23.9 Å². The Balaban J connectivity index is 2.79. The summed E-state index contributed by atoms with van der Waals surface area (Å²) in [6, 6.07) is 11.0. The van der Waals surface area contributed by atoms with Crippen LogP contribution in [0.3, 0.4) is 0 Å². The van der Waals surface area contributed by atoms with E-state index >= 15 is 0 Å². The van der Waals surface area contributed by atoms with Crippen molar-refractivity contribution in [3.05, 3.63) is 35.9 Å². The van der Waals surface area contributed by atoms with Gasteiger partial charge >= 0.3 is 0 Å². The maximum Gasteiger partial charge on any atom is 0.254 e. The number of rotatable bonds is 3. The quantitative estimate of drug-likeness (QED) is 0.677. The van der Waals surface area contributed by atoms with Crippen molar-refractivity contribution in [2.75, 3.05) is 13.1 Å². The van der Waals surface area contributed by atoms with Gasteiger partial charge in [0.15, 0.2) is 0 Å². The van der Waals surface area contributed by atoms with Crippen LogP contribution in [0.15, 0.2) is 30.3 Å². The van der Waals surface area contributed by atoms with Gasteiger partial charge in [-0.2, -0.15) is 5.26 Å². The molecular weight excluding hydrogens is 176 g/mol. The van der Waals surface area contributed by atoms with Crippen LogP contribution in [0.2, 0.25) is 0 Å². The van der Waals surface area contributed by atoms with Crippen LogP contribution >= 0.6 is 0 Å². The zero-order chi connectivity index (χ0) is 10.4. The molecule has 0 unspecified atom stereocenters. The SMILES string of the molecule is CCN(CC#N)C(=O)c1ccccc1. The first-order chi connectivity index (χ1) is 6.79. The average Bonchev–Trinajstić information content (AvgIpc) is 2.26. The Kier molecular flexibility index (Phi) is 3.69. The van der Waals surface area contributed by atoms with Gasteiger partial charge in [0.1, 0.15) is 6.54 Å². The lowest BCUT2D eigenvalue weighted by atomic mass is 10.2. The fourth-order valence-electron chi connectivity index (χ4n) is 1.18. The van der Waals surface area contributed by atoms with Gasteiger partial charge in [0.2, 0.25) is 0 Å². The summed E-state index contributed by atoms with van der Waals surface area (Å²) in [4.78, 5) is 13.2. The van der Waals surface area contributed by atoms with Crippen LogP contribution in [0.5, 0.6) is 0 Å². The van der Waals surface area contributed by atoms with E-state index in [-0.39, 0.29) is 12.5 Å². The van der Waals surface area contributed by atoms with Crippen molar-refractivity contribution in [2.45, 2.75) is 6.92 Å². The molecule has 0 N–H and O–H groups in total. The zero-order valence-corrected chi connectivity index (χ0v) is 8.10. The van der Waals surface area contributed by atoms with E-state index < -0.39 is 0 Å². The van der Waals surface area contributed by atoms with Gasteiger partial charge in [0, 0.05) is 12.1 Å². The molecule has 1 aromatic rings. The molecule has 0 atom stereocenters. The zero-order valence-electron chi connectivity index (χ0n) is 8.10. The van der Waals surface area contributed by atoms with Crippen molar-refractivity contribution in [2.24, 2.45) is 0 Å². The fraction of sp³-hybridized carbons (Fsp3) is 0.273. The highest BCUT2D eigenvalue weighted by Gasteiger charge is 2.12. The molecule has 0 radical (unpaired) electrons. The Bertz CT molecular complexity index is 340. The number of nitrogens with zero attached hydrogens (tertiary/aromatic N) is 2. The van der Waals surface area contributed by atoms with E-state index in [0.29, 0.717) is 12.1 Å². The minimum Gasteiger partial charge on any atom is -0.326 e. The van der Waals surface area contributed by atoms with Crippen LogP contribution in [0.25, 0.3) is 0 Å². The maximum absolute atomic E-state index is 11.7. The summed E-state index contributed by atoms with van der Waals surface area (Å²) >= 11 is 0. The number of carbonyl (C=O) groups excluding carboxylic acids is 1. The highest BCUT2D eigenvalue weighted by molar-refractivity contribution is 5.94. The molecule has 0 aliphatic heterocycles. The number of carbonyl (C=O) groups is 1. The monoisotopic (exact) mass is 188 g/mol. The van der Waals surface area contributed by atoms with E-state index in [0.717, 1.165) is 0 Å². The van der Waals surface area contributed by atoms with Crippen LogP contribution in [0.4, 0.5) is 0 Å². The summed E-state index contributed by atoms with van der Waals surface area (Å²) in [7, 11) is 0. The molecule has 72 valence electrons. The Hall–Kier alpha value is -1.82. The third-order valence-electron chi connectivity index (χ3n) is 1.95. The molecule has 14 heavy (non-hydrogen) atoms. The number of benzene rings is 1. The molecule has 0 saturated carbocycles. The number of hydrogen-bond acceptors (Lipinski definition) is 2. The van der Waals surface area contributed by atoms with Crippen molar-refractivity contribution in [1.29, 1.82) is 5.26 Å². The van der Waals surface area contributed by atoms with E-state index in [1.165, 1.54) is 4.90 Å². The highest BCUT2D eigenvalue weighted by Crippen LogP contribution is 2.03. The Labute approximate surface area is 83.6 Å². The number of nitriles is 1. The Morgan fingerprint density at radius 3 is 2.57 bits per heavy atom. The summed E-state index contributed by atoms with van der Waals surface area (Å²) in [6.45, 7) is 2.56. The number of hydrogen-bond donors (Lipinski definition) is 0. The summed E-state index contributed by atoms with van der Waals surface area (Å²) in [6.07, 6.45) is 0. The average molecular weight is 188 g/mol. The van der Waals surface area contributed by atoms with Gasteiger partial charge in [-0.15, -0.1) is 0 Å². The minimum atomic E-state index is -0.0883. The van der Waals surface area contributed by atoms with E-state index in [2.05, 4.69) is 0 Å². The molecule has 1 amide bonds. The fourth-order valence-corrected chi connectivity index (χ4v) is 1.18. The van der Waals surface area contributed by atoms with Crippen molar-refractivity contribution < 1.29 is 4.79 Å². The van der Waals surface area contributed by atoms with Crippen molar-refractivity contribution in [1.82, 2.24) is 4.90 Å². The van der Waals surface area contributed by atoms with Crippen LogP contribution in [0, 0.1) is 11.3 Å². The molecule has 0 aliphatic rings. The molecule has 0 bridgehead atoms.